The van der Waals surface area contributed by atoms with Crippen LogP contribution in [-0.4, -0.2) is 28.7 Å². The lowest BCUT2D eigenvalue weighted by molar-refractivity contribution is 0.152. The second-order valence-electron chi connectivity index (χ2n) is 4.13. The van der Waals surface area contributed by atoms with Gasteiger partial charge in [-0.3, -0.25) is 0 Å². The molecule has 0 fully saturated rings. The Hall–Kier alpha value is -2.34. The van der Waals surface area contributed by atoms with E-state index >= 15 is 0 Å². The van der Waals surface area contributed by atoms with Crippen molar-refractivity contribution in [1.82, 2.24) is 15.2 Å². The average molecular weight is 307 g/mol. The first-order valence-electron chi connectivity index (χ1n) is 6.39. The fourth-order valence-corrected chi connectivity index (χ4v) is 2.03. The van der Waals surface area contributed by atoms with E-state index in [9.17, 15) is 4.79 Å². The maximum absolute atomic E-state index is 11.1. The predicted molar refractivity (Wildman–Crippen MR) is 81.1 cm³/mol. The molecule has 0 radical (unpaired) electrons. The van der Waals surface area contributed by atoms with E-state index in [1.165, 1.54) is 6.21 Å². The Morgan fingerprint density at radius 1 is 1.48 bits per heavy atom. The van der Waals surface area contributed by atoms with Crippen molar-refractivity contribution in [1.29, 1.82) is 0 Å². The minimum absolute atomic E-state index is 0.285. The number of nitrogens with zero attached hydrogens (tertiary/aromatic N) is 3. The lowest BCUT2D eigenvalue weighted by atomic mass is 10.3. The highest BCUT2D eigenvalue weighted by molar-refractivity contribution is 6.32. The second-order valence-corrected chi connectivity index (χ2v) is 4.49. The zero-order chi connectivity index (χ0) is 15.2. The van der Waals surface area contributed by atoms with Crippen molar-refractivity contribution in [3.05, 3.63) is 46.7 Å². The topological polar surface area (TPSA) is 68.5 Å². The SMILES string of the molecule is CCOC(=O)NN=Cc1c(C)nn(-c2ccccc2)c1Cl. The molecule has 2 rings (SSSR count). The molecule has 0 saturated carbocycles. The van der Waals surface area contributed by atoms with Gasteiger partial charge in [-0.15, -0.1) is 0 Å². The van der Waals surface area contributed by atoms with Crippen LogP contribution in [0.25, 0.3) is 5.69 Å². The van der Waals surface area contributed by atoms with Crippen LogP contribution in [0.5, 0.6) is 0 Å². The molecule has 1 aromatic heterocycles. The third kappa shape index (κ3) is 3.61. The molecule has 0 spiro atoms. The van der Waals surface area contributed by atoms with Crippen LogP contribution < -0.4 is 5.43 Å². The van der Waals surface area contributed by atoms with Crippen LogP contribution >= 0.6 is 11.6 Å². The summed E-state index contributed by atoms with van der Waals surface area (Å²) in [4.78, 5) is 11.1. The number of ether oxygens (including phenoxy) is 1. The molecule has 0 aliphatic heterocycles. The van der Waals surface area contributed by atoms with Crippen molar-refractivity contribution in [3.8, 4) is 5.69 Å². The Balaban J connectivity index is 2.20. The van der Waals surface area contributed by atoms with E-state index in [0.717, 1.165) is 5.69 Å². The number of rotatable bonds is 4. The molecule has 7 heteroatoms. The molecule has 0 aliphatic rings. The Kier molecular flexibility index (Phi) is 4.94. The molecule has 1 amide bonds. The summed E-state index contributed by atoms with van der Waals surface area (Å²) in [5.74, 6) is 0. The van der Waals surface area contributed by atoms with Gasteiger partial charge in [0.2, 0.25) is 0 Å². The van der Waals surface area contributed by atoms with Gasteiger partial charge < -0.3 is 4.74 Å². The van der Waals surface area contributed by atoms with Crippen molar-refractivity contribution >= 4 is 23.9 Å². The number of hydrazone groups is 1. The quantitative estimate of drug-likeness (QED) is 0.697. The molecule has 1 heterocycles. The van der Waals surface area contributed by atoms with Crippen LogP contribution in [0.1, 0.15) is 18.2 Å². The summed E-state index contributed by atoms with van der Waals surface area (Å²) in [6.45, 7) is 3.82. The maximum Gasteiger partial charge on any atom is 0.427 e. The third-order valence-electron chi connectivity index (χ3n) is 2.67. The Bertz CT molecular complexity index is 652. The van der Waals surface area contributed by atoms with E-state index in [2.05, 4.69) is 15.6 Å². The predicted octanol–water partition coefficient (Wildman–Crippen LogP) is 2.91. The van der Waals surface area contributed by atoms with Gasteiger partial charge >= 0.3 is 6.09 Å². The van der Waals surface area contributed by atoms with E-state index in [-0.39, 0.29) is 6.61 Å². The third-order valence-corrected chi connectivity index (χ3v) is 3.04. The van der Waals surface area contributed by atoms with Gasteiger partial charge in [-0.05, 0) is 26.0 Å². The van der Waals surface area contributed by atoms with E-state index in [4.69, 9.17) is 16.3 Å². The molecule has 0 aliphatic carbocycles. The van der Waals surface area contributed by atoms with Crippen molar-refractivity contribution < 1.29 is 9.53 Å². The standard InChI is InChI=1S/C14H15ClN4O2/c1-3-21-14(20)17-16-9-12-10(2)18-19(13(12)15)11-7-5-4-6-8-11/h4-9H,3H2,1-2H3,(H,17,20). The van der Waals surface area contributed by atoms with Gasteiger partial charge in [-0.2, -0.15) is 10.2 Å². The molecule has 6 nitrogen and oxygen atoms in total. The van der Waals surface area contributed by atoms with Gasteiger partial charge in [-0.25, -0.2) is 14.9 Å². The summed E-state index contributed by atoms with van der Waals surface area (Å²) in [5, 5.41) is 8.59. The van der Waals surface area contributed by atoms with Gasteiger partial charge in [0, 0.05) is 0 Å². The molecule has 0 bridgehead atoms. The Morgan fingerprint density at radius 3 is 2.86 bits per heavy atom. The van der Waals surface area contributed by atoms with E-state index < -0.39 is 6.09 Å². The van der Waals surface area contributed by atoms with Crippen molar-refractivity contribution in [3.63, 3.8) is 0 Å². The molecule has 0 atom stereocenters. The van der Waals surface area contributed by atoms with Crippen LogP contribution in [-0.2, 0) is 4.74 Å². The summed E-state index contributed by atoms with van der Waals surface area (Å²) in [5.41, 5.74) is 4.44. The normalized spacial score (nSPS) is 10.8. The summed E-state index contributed by atoms with van der Waals surface area (Å²) in [6, 6.07) is 9.52. The number of nitrogens with one attached hydrogen (secondary N) is 1. The summed E-state index contributed by atoms with van der Waals surface area (Å²) in [6.07, 6.45) is 0.832. The molecular weight excluding hydrogens is 292 g/mol. The highest BCUT2D eigenvalue weighted by atomic mass is 35.5. The zero-order valence-corrected chi connectivity index (χ0v) is 12.5. The first-order chi connectivity index (χ1) is 10.1. The average Bonchev–Trinajstić information content (AvgIpc) is 2.76. The number of para-hydroxylation sites is 1. The van der Waals surface area contributed by atoms with Gasteiger partial charge in [0.25, 0.3) is 0 Å². The first-order valence-corrected chi connectivity index (χ1v) is 6.77. The molecule has 0 unspecified atom stereocenters. The van der Waals surface area contributed by atoms with Crippen LogP contribution in [0, 0.1) is 6.92 Å². The highest BCUT2D eigenvalue weighted by Gasteiger charge is 2.12. The van der Waals surface area contributed by atoms with E-state index in [0.29, 0.717) is 16.4 Å². The molecule has 1 aromatic carbocycles. The number of benzene rings is 1. The van der Waals surface area contributed by atoms with Gasteiger partial charge in [0.05, 0.1) is 29.8 Å². The highest BCUT2D eigenvalue weighted by Crippen LogP contribution is 2.21. The molecule has 0 saturated heterocycles. The van der Waals surface area contributed by atoms with E-state index in [1.54, 1.807) is 11.6 Å². The van der Waals surface area contributed by atoms with Crippen LogP contribution in [0.3, 0.4) is 0 Å². The molecule has 21 heavy (non-hydrogen) atoms. The molecule has 110 valence electrons. The number of hydrogen-bond acceptors (Lipinski definition) is 4. The molecular formula is C14H15ClN4O2. The summed E-state index contributed by atoms with van der Waals surface area (Å²) in [7, 11) is 0. The largest absolute Gasteiger partial charge is 0.449 e. The van der Waals surface area contributed by atoms with Crippen molar-refractivity contribution in [2.45, 2.75) is 13.8 Å². The number of aromatic nitrogens is 2. The molecule has 1 N–H and O–H groups in total. The number of aryl methyl sites for hydroxylation is 1. The number of halogens is 1. The monoisotopic (exact) mass is 306 g/mol. The summed E-state index contributed by atoms with van der Waals surface area (Å²) >= 11 is 6.31. The molecule has 2 aromatic rings. The lowest BCUT2D eigenvalue weighted by Gasteiger charge is -2.02. The minimum atomic E-state index is -0.613. The van der Waals surface area contributed by atoms with Crippen LogP contribution in [0.2, 0.25) is 5.15 Å². The van der Waals surface area contributed by atoms with Gasteiger partial charge in [0.15, 0.2) is 0 Å². The van der Waals surface area contributed by atoms with Gasteiger partial charge in [-0.1, -0.05) is 29.8 Å². The minimum Gasteiger partial charge on any atom is -0.449 e. The Labute approximate surface area is 127 Å². The first kappa shape index (κ1) is 15.1. The fraction of sp³-hybridized carbons (Fsp3) is 0.214. The van der Waals surface area contributed by atoms with Crippen molar-refractivity contribution in [2.75, 3.05) is 6.61 Å². The number of amides is 1. The lowest BCUT2D eigenvalue weighted by Crippen LogP contribution is -2.18. The van der Waals surface area contributed by atoms with Crippen LogP contribution in [0.4, 0.5) is 4.79 Å². The smallest absolute Gasteiger partial charge is 0.427 e. The number of carbonyl (C=O) groups excluding carboxylic acids is 1. The van der Waals surface area contributed by atoms with Crippen LogP contribution in [0.15, 0.2) is 35.4 Å². The number of carbonyl (C=O) groups is 1. The fourth-order valence-electron chi connectivity index (χ4n) is 1.71. The summed E-state index contributed by atoms with van der Waals surface area (Å²) < 4.78 is 6.31. The second kappa shape index (κ2) is 6.90. The van der Waals surface area contributed by atoms with E-state index in [1.807, 2.05) is 37.3 Å². The Morgan fingerprint density at radius 2 is 2.19 bits per heavy atom. The zero-order valence-electron chi connectivity index (χ0n) is 11.7. The number of hydrogen-bond donors (Lipinski definition) is 1. The van der Waals surface area contributed by atoms with Gasteiger partial charge in [0.1, 0.15) is 5.15 Å². The van der Waals surface area contributed by atoms with Crippen molar-refractivity contribution in [2.24, 2.45) is 5.10 Å². The maximum atomic E-state index is 11.1.